The van der Waals surface area contributed by atoms with E-state index in [1.807, 2.05) is 6.07 Å². The normalized spacial score (nSPS) is 32.9. The van der Waals surface area contributed by atoms with Crippen LogP contribution in [0.3, 0.4) is 0 Å². The highest BCUT2D eigenvalue weighted by Gasteiger charge is 2.44. The second-order valence-corrected chi connectivity index (χ2v) is 6.47. The molecule has 3 atom stereocenters. The number of fused-ring (bicyclic) bond motifs is 2. The lowest BCUT2D eigenvalue weighted by atomic mass is 9.67. The maximum atomic E-state index is 9.66. The van der Waals surface area contributed by atoms with E-state index < -0.39 is 0 Å². The molecule has 2 N–H and O–H groups in total. The van der Waals surface area contributed by atoms with E-state index in [1.54, 1.807) is 12.1 Å². The molecule has 1 saturated heterocycles. The number of hydrogen-bond donors (Lipinski definition) is 2. The monoisotopic (exact) mass is 294 g/mol. The van der Waals surface area contributed by atoms with Crippen molar-refractivity contribution in [1.82, 2.24) is 0 Å². The van der Waals surface area contributed by atoms with E-state index in [4.69, 9.17) is 16.3 Å². The fourth-order valence-corrected chi connectivity index (χ4v) is 3.60. The van der Waals surface area contributed by atoms with E-state index in [0.29, 0.717) is 11.6 Å². The number of aliphatic hydroxyl groups excluding tert-OH is 1. The first-order chi connectivity index (χ1) is 9.54. The molecule has 4 heteroatoms. The summed E-state index contributed by atoms with van der Waals surface area (Å²) in [4.78, 5) is 0. The minimum Gasteiger partial charge on any atom is -0.508 e. The Morgan fingerprint density at radius 1 is 1.45 bits per heavy atom. The molecule has 3 rings (SSSR count). The molecule has 0 spiro atoms. The Balaban J connectivity index is 1.96. The third-order valence-corrected chi connectivity index (χ3v) is 4.98. The van der Waals surface area contributed by atoms with Crippen molar-refractivity contribution < 1.29 is 14.9 Å². The van der Waals surface area contributed by atoms with Crippen molar-refractivity contribution in [2.75, 3.05) is 13.2 Å². The van der Waals surface area contributed by atoms with Crippen molar-refractivity contribution in [3.8, 4) is 5.75 Å². The molecule has 2 aliphatic rings. The number of rotatable bonds is 2. The molecule has 108 valence electrons. The topological polar surface area (TPSA) is 49.7 Å². The standard InChI is InChI=1S/C16H19ClO3/c1-10-4-5-16(8-18)7-13(10)15(20-9-16)12-3-2-11(19)6-14(12)17/h2-4,6,13,15,18-19H,5,7-9H2,1H3/t13-,15+,16-/m1/s1. The van der Waals surface area contributed by atoms with Gasteiger partial charge >= 0.3 is 0 Å². The lowest BCUT2D eigenvalue weighted by Gasteiger charge is -2.47. The first-order valence-electron chi connectivity index (χ1n) is 6.92. The van der Waals surface area contributed by atoms with Gasteiger partial charge in [0.1, 0.15) is 5.75 Å². The van der Waals surface area contributed by atoms with E-state index in [9.17, 15) is 10.2 Å². The van der Waals surface area contributed by atoms with Crippen LogP contribution < -0.4 is 0 Å². The van der Waals surface area contributed by atoms with E-state index >= 15 is 0 Å². The minimum atomic E-state index is -0.135. The van der Waals surface area contributed by atoms with Gasteiger partial charge < -0.3 is 14.9 Å². The molecule has 0 amide bonds. The van der Waals surface area contributed by atoms with Crippen LogP contribution in [0.5, 0.6) is 5.75 Å². The molecule has 1 aliphatic carbocycles. The molecule has 1 heterocycles. The highest BCUT2D eigenvalue weighted by atomic mass is 35.5. The summed E-state index contributed by atoms with van der Waals surface area (Å²) >= 11 is 6.25. The van der Waals surface area contributed by atoms with E-state index in [2.05, 4.69) is 13.0 Å². The number of hydrogen-bond acceptors (Lipinski definition) is 3. The predicted molar refractivity (Wildman–Crippen MR) is 77.8 cm³/mol. The third kappa shape index (κ3) is 2.24. The van der Waals surface area contributed by atoms with E-state index in [-0.39, 0.29) is 29.8 Å². The van der Waals surface area contributed by atoms with Gasteiger partial charge in [0.05, 0.1) is 24.3 Å². The molecule has 20 heavy (non-hydrogen) atoms. The van der Waals surface area contributed by atoms with Gasteiger partial charge in [-0.25, -0.2) is 0 Å². The van der Waals surface area contributed by atoms with E-state index in [0.717, 1.165) is 18.4 Å². The molecule has 3 nitrogen and oxygen atoms in total. The summed E-state index contributed by atoms with van der Waals surface area (Å²) in [6, 6.07) is 5.02. The number of ether oxygens (including phenoxy) is 1. The molecule has 0 unspecified atom stereocenters. The van der Waals surface area contributed by atoms with Crippen LogP contribution in [0.1, 0.15) is 31.4 Å². The summed E-state index contributed by atoms with van der Waals surface area (Å²) < 4.78 is 6.05. The maximum Gasteiger partial charge on any atom is 0.117 e. The van der Waals surface area contributed by atoms with Crippen LogP contribution in [-0.4, -0.2) is 23.4 Å². The Morgan fingerprint density at radius 2 is 2.25 bits per heavy atom. The number of aromatic hydroxyl groups is 1. The summed E-state index contributed by atoms with van der Waals surface area (Å²) in [5.41, 5.74) is 2.07. The fourth-order valence-electron chi connectivity index (χ4n) is 3.31. The molecule has 0 saturated carbocycles. The quantitative estimate of drug-likeness (QED) is 0.821. The zero-order chi connectivity index (χ0) is 14.3. The first kappa shape index (κ1) is 13.9. The van der Waals surface area contributed by atoms with Gasteiger partial charge in [-0.3, -0.25) is 0 Å². The highest BCUT2D eigenvalue weighted by molar-refractivity contribution is 6.31. The van der Waals surface area contributed by atoms with Crippen molar-refractivity contribution in [3.63, 3.8) is 0 Å². The van der Waals surface area contributed by atoms with Crippen LogP contribution in [-0.2, 0) is 4.74 Å². The SMILES string of the molecule is CC1=CC[C@@]2(CO)CO[C@@H](c3ccc(O)cc3Cl)[C@@H]1C2. The molecule has 0 aromatic heterocycles. The van der Waals surface area contributed by atoms with Crippen molar-refractivity contribution in [2.24, 2.45) is 11.3 Å². The molecule has 1 aliphatic heterocycles. The molecule has 1 aromatic carbocycles. The highest BCUT2D eigenvalue weighted by Crippen LogP contribution is 2.51. The fraction of sp³-hybridized carbons (Fsp3) is 0.500. The molecule has 2 bridgehead atoms. The van der Waals surface area contributed by atoms with Crippen molar-refractivity contribution >= 4 is 11.6 Å². The van der Waals surface area contributed by atoms with Gasteiger partial charge in [-0.15, -0.1) is 0 Å². The van der Waals surface area contributed by atoms with Gasteiger partial charge in [0.25, 0.3) is 0 Å². The van der Waals surface area contributed by atoms with Gasteiger partial charge in [0, 0.05) is 16.9 Å². The van der Waals surface area contributed by atoms with Crippen molar-refractivity contribution in [1.29, 1.82) is 0 Å². The summed E-state index contributed by atoms with van der Waals surface area (Å²) in [5, 5.41) is 19.7. The van der Waals surface area contributed by atoms with Gasteiger partial charge in [0.2, 0.25) is 0 Å². The van der Waals surface area contributed by atoms with Crippen LogP contribution >= 0.6 is 11.6 Å². The zero-order valence-corrected chi connectivity index (χ0v) is 12.2. The van der Waals surface area contributed by atoms with Crippen molar-refractivity contribution in [2.45, 2.75) is 25.9 Å². The maximum absolute atomic E-state index is 9.66. The van der Waals surface area contributed by atoms with Crippen LogP contribution in [0.15, 0.2) is 29.8 Å². The van der Waals surface area contributed by atoms with Gasteiger partial charge in [-0.1, -0.05) is 29.3 Å². The molecule has 0 radical (unpaired) electrons. The first-order valence-corrected chi connectivity index (χ1v) is 7.30. The Bertz CT molecular complexity index is 555. The minimum absolute atomic E-state index is 0.0978. The Labute approximate surface area is 123 Å². The second kappa shape index (κ2) is 5.06. The van der Waals surface area contributed by atoms with Crippen molar-refractivity contribution in [3.05, 3.63) is 40.4 Å². The Morgan fingerprint density at radius 3 is 2.95 bits per heavy atom. The van der Waals surface area contributed by atoms with Gasteiger partial charge in [0.15, 0.2) is 0 Å². The summed E-state index contributed by atoms with van der Waals surface area (Å²) in [7, 11) is 0. The lowest BCUT2D eigenvalue weighted by Crippen LogP contribution is -2.43. The summed E-state index contributed by atoms with van der Waals surface area (Å²) in [5.74, 6) is 0.405. The zero-order valence-electron chi connectivity index (χ0n) is 11.5. The number of aliphatic hydroxyl groups is 1. The average Bonchev–Trinajstić information content (AvgIpc) is 2.44. The molecule has 1 aromatic rings. The van der Waals surface area contributed by atoms with Crippen LogP contribution in [0.4, 0.5) is 0 Å². The molecular weight excluding hydrogens is 276 g/mol. The number of phenols is 1. The van der Waals surface area contributed by atoms with Crippen LogP contribution in [0.2, 0.25) is 5.02 Å². The summed E-state index contributed by atoms with van der Waals surface area (Å²) in [6.07, 6.45) is 3.92. The number of halogens is 1. The van der Waals surface area contributed by atoms with Gasteiger partial charge in [-0.2, -0.15) is 0 Å². The summed E-state index contributed by atoms with van der Waals surface area (Å²) in [6.45, 7) is 2.82. The Kier molecular flexibility index (Phi) is 3.53. The van der Waals surface area contributed by atoms with Crippen LogP contribution in [0, 0.1) is 11.3 Å². The second-order valence-electron chi connectivity index (χ2n) is 6.06. The van der Waals surface area contributed by atoms with Gasteiger partial charge in [-0.05, 0) is 31.9 Å². The molecular formula is C16H19ClO3. The number of allylic oxidation sites excluding steroid dienone is 1. The van der Waals surface area contributed by atoms with Crippen LogP contribution in [0.25, 0.3) is 0 Å². The Hall–Kier alpha value is -1.03. The lowest BCUT2D eigenvalue weighted by molar-refractivity contribution is -0.113. The largest absolute Gasteiger partial charge is 0.508 e. The third-order valence-electron chi connectivity index (χ3n) is 4.66. The number of phenolic OH excluding ortho intramolecular Hbond substituents is 1. The molecule has 1 fully saturated rings. The van der Waals surface area contributed by atoms with E-state index in [1.165, 1.54) is 5.57 Å². The smallest absolute Gasteiger partial charge is 0.117 e. The number of benzene rings is 1. The average molecular weight is 295 g/mol. The predicted octanol–water partition coefficient (Wildman–Crippen LogP) is 3.45.